The van der Waals surface area contributed by atoms with Gasteiger partial charge in [0.2, 0.25) is 0 Å². The first kappa shape index (κ1) is 20.2. The Labute approximate surface area is 148 Å². The van der Waals surface area contributed by atoms with Gasteiger partial charge in [0.25, 0.3) is 0 Å². The minimum Gasteiger partial charge on any atom is -0.490 e. The third-order valence-electron chi connectivity index (χ3n) is 3.29. The summed E-state index contributed by atoms with van der Waals surface area (Å²) in [5.41, 5.74) is 1.40. The molecule has 24 heavy (non-hydrogen) atoms. The molecular weight excluding hydrogens is 333 g/mol. The number of benzene rings is 2. The Morgan fingerprint density at radius 2 is 1.79 bits per heavy atom. The molecule has 0 fully saturated rings. The van der Waals surface area contributed by atoms with Crippen molar-refractivity contribution in [1.82, 2.24) is 5.32 Å². The maximum Gasteiger partial charge on any atom is 0.166 e. The Morgan fingerprint density at radius 1 is 1.04 bits per heavy atom. The van der Waals surface area contributed by atoms with Crippen LogP contribution in [0.3, 0.4) is 0 Å². The summed E-state index contributed by atoms with van der Waals surface area (Å²) in [5, 5.41) is 12.0. The zero-order valence-electron chi connectivity index (χ0n) is 13.6. The number of para-hydroxylation sites is 1. The second kappa shape index (κ2) is 10.9. The summed E-state index contributed by atoms with van der Waals surface area (Å²) >= 11 is 0. The van der Waals surface area contributed by atoms with Crippen molar-refractivity contribution in [3.63, 3.8) is 0 Å². The number of aliphatic hydroxyl groups excluding tert-OH is 1. The maximum absolute atomic E-state index is 13.7. The highest BCUT2D eigenvalue weighted by molar-refractivity contribution is 5.85. The minimum absolute atomic E-state index is 0. The van der Waals surface area contributed by atoms with Gasteiger partial charge in [-0.2, -0.15) is 0 Å². The molecule has 0 radical (unpaired) electrons. The van der Waals surface area contributed by atoms with E-state index in [2.05, 4.69) is 5.32 Å². The zero-order chi connectivity index (χ0) is 16.5. The van der Waals surface area contributed by atoms with Gasteiger partial charge in [0.1, 0.15) is 12.4 Å². The van der Waals surface area contributed by atoms with E-state index in [0.717, 1.165) is 5.56 Å². The lowest BCUT2D eigenvalue weighted by atomic mass is 10.1. The summed E-state index contributed by atoms with van der Waals surface area (Å²) in [6.07, 6.45) is 0. The molecule has 2 aromatic carbocycles. The number of nitrogens with one attached hydrogen (secondary N) is 1. The van der Waals surface area contributed by atoms with Gasteiger partial charge in [0, 0.05) is 24.2 Å². The van der Waals surface area contributed by atoms with Gasteiger partial charge in [0.05, 0.1) is 13.2 Å². The van der Waals surface area contributed by atoms with Crippen molar-refractivity contribution in [1.29, 1.82) is 0 Å². The second-order valence-corrected chi connectivity index (χ2v) is 4.96. The van der Waals surface area contributed by atoms with E-state index >= 15 is 0 Å². The maximum atomic E-state index is 13.7. The van der Waals surface area contributed by atoms with Crippen LogP contribution in [0.2, 0.25) is 0 Å². The fraction of sp³-hybridized carbons (Fsp3) is 0.333. The molecule has 6 heteroatoms. The van der Waals surface area contributed by atoms with E-state index in [1.807, 2.05) is 25.1 Å². The largest absolute Gasteiger partial charge is 0.490 e. The molecule has 2 aromatic rings. The van der Waals surface area contributed by atoms with Gasteiger partial charge in [-0.3, -0.25) is 0 Å². The molecule has 0 bridgehead atoms. The number of ether oxygens (including phenoxy) is 2. The van der Waals surface area contributed by atoms with Gasteiger partial charge < -0.3 is 19.9 Å². The van der Waals surface area contributed by atoms with Crippen molar-refractivity contribution in [3.05, 3.63) is 59.4 Å². The van der Waals surface area contributed by atoms with Crippen LogP contribution in [0.5, 0.6) is 11.5 Å². The Kier molecular flexibility index (Phi) is 9.15. The second-order valence-electron chi connectivity index (χ2n) is 4.96. The van der Waals surface area contributed by atoms with Crippen molar-refractivity contribution in [2.45, 2.75) is 20.1 Å². The number of hydrogen-bond donors (Lipinski definition) is 2. The molecule has 0 saturated carbocycles. The molecule has 132 valence electrons. The predicted octanol–water partition coefficient (Wildman–Crippen LogP) is 3.31. The SMILES string of the molecule is CCOc1cccc(CNCCO)c1OCc1ccccc1F.Cl. The summed E-state index contributed by atoms with van der Waals surface area (Å²) in [4.78, 5) is 0. The average Bonchev–Trinajstić information content (AvgIpc) is 2.56. The fourth-order valence-corrected chi connectivity index (χ4v) is 2.20. The highest BCUT2D eigenvalue weighted by Gasteiger charge is 2.12. The van der Waals surface area contributed by atoms with E-state index in [0.29, 0.717) is 36.8 Å². The van der Waals surface area contributed by atoms with Crippen LogP contribution in [-0.2, 0) is 13.2 Å². The minimum atomic E-state index is -0.290. The lowest BCUT2D eigenvalue weighted by molar-refractivity contribution is 0.261. The van der Waals surface area contributed by atoms with Crippen LogP contribution < -0.4 is 14.8 Å². The van der Waals surface area contributed by atoms with E-state index in [1.54, 1.807) is 18.2 Å². The first-order chi connectivity index (χ1) is 11.3. The van der Waals surface area contributed by atoms with Crippen molar-refractivity contribution in [3.8, 4) is 11.5 Å². The summed E-state index contributed by atoms with van der Waals surface area (Å²) in [7, 11) is 0. The highest BCUT2D eigenvalue weighted by atomic mass is 35.5. The Bertz CT molecular complexity index is 625. The van der Waals surface area contributed by atoms with Gasteiger partial charge in [-0.15, -0.1) is 12.4 Å². The van der Waals surface area contributed by atoms with E-state index < -0.39 is 0 Å². The van der Waals surface area contributed by atoms with Crippen LogP contribution >= 0.6 is 12.4 Å². The molecule has 0 unspecified atom stereocenters. The lowest BCUT2D eigenvalue weighted by Crippen LogP contribution is -2.18. The van der Waals surface area contributed by atoms with Crippen molar-refractivity contribution in [2.75, 3.05) is 19.8 Å². The molecule has 0 aromatic heterocycles. The van der Waals surface area contributed by atoms with Crippen LogP contribution in [-0.4, -0.2) is 24.9 Å². The fourth-order valence-electron chi connectivity index (χ4n) is 2.20. The molecule has 0 spiro atoms. The van der Waals surface area contributed by atoms with Crippen LogP contribution in [0, 0.1) is 5.82 Å². The molecule has 0 saturated heterocycles. The first-order valence-corrected chi connectivity index (χ1v) is 7.68. The summed E-state index contributed by atoms with van der Waals surface area (Å²) in [5.74, 6) is 0.941. The quantitative estimate of drug-likeness (QED) is 0.678. The van der Waals surface area contributed by atoms with Gasteiger partial charge in [-0.05, 0) is 19.1 Å². The molecule has 0 aliphatic carbocycles. The standard InChI is InChI=1S/C18H22FNO3.ClH/c1-2-22-17-9-5-7-14(12-20-10-11-21)18(17)23-13-15-6-3-4-8-16(15)19;/h3-9,20-21H,2,10-13H2,1H3;1H. The van der Waals surface area contributed by atoms with E-state index in [1.165, 1.54) is 6.07 Å². The summed E-state index contributed by atoms with van der Waals surface area (Å²) in [6, 6.07) is 12.2. The number of rotatable bonds is 9. The van der Waals surface area contributed by atoms with Crippen molar-refractivity contribution >= 4 is 12.4 Å². The number of aliphatic hydroxyl groups is 1. The molecular formula is C18H23ClFNO3. The highest BCUT2D eigenvalue weighted by Crippen LogP contribution is 2.32. The van der Waals surface area contributed by atoms with Crippen LogP contribution in [0.25, 0.3) is 0 Å². The van der Waals surface area contributed by atoms with E-state index in [9.17, 15) is 4.39 Å². The van der Waals surface area contributed by atoms with Crippen molar-refractivity contribution < 1.29 is 19.0 Å². The van der Waals surface area contributed by atoms with Crippen LogP contribution in [0.1, 0.15) is 18.1 Å². The van der Waals surface area contributed by atoms with Gasteiger partial charge in [-0.25, -0.2) is 4.39 Å². The number of hydrogen-bond acceptors (Lipinski definition) is 4. The van der Waals surface area contributed by atoms with E-state index in [4.69, 9.17) is 14.6 Å². The van der Waals surface area contributed by atoms with Gasteiger partial charge >= 0.3 is 0 Å². The van der Waals surface area contributed by atoms with Crippen LogP contribution in [0.15, 0.2) is 42.5 Å². The summed E-state index contributed by atoms with van der Waals surface area (Å²) in [6.45, 7) is 3.64. The summed E-state index contributed by atoms with van der Waals surface area (Å²) < 4.78 is 25.2. The molecule has 0 aliphatic heterocycles. The number of halogens is 2. The monoisotopic (exact) mass is 355 g/mol. The zero-order valence-corrected chi connectivity index (χ0v) is 14.4. The molecule has 2 N–H and O–H groups in total. The Balaban J connectivity index is 0.00000288. The van der Waals surface area contributed by atoms with Gasteiger partial charge in [0.15, 0.2) is 11.5 Å². The average molecular weight is 356 g/mol. The van der Waals surface area contributed by atoms with E-state index in [-0.39, 0.29) is 31.4 Å². The van der Waals surface area contributed by atoms with Gasteiger partial charge in [-0.1, -0.05) is 30.3 Å². The van der Waals surface area contributed by atoms with Crippen LogP contribution in [0.4, 0.5) is 4.39 Å². The Hall–Kier alpha value is -1.82. The topological polar surface area (TPSA) is 50.7 Å². The van der Waals surface area contributed by atoms with Crippen molar-refractivity contribution in [2.24, 2.45) is 0 Å². The molecule has 0 aliphatic rings. The Morgan fingerprint density at radius 3 is 2.50 bits per heavy atom. The normalized spacial score (nSPS) is 10.1. The molecule has 0 atom stereocenters. The molecule has 2 rings (SSSR count). The third kappa shape index (κ3) is 5.67. The smallest absolute Gasteiger partial charge is 0.166 e. The molecule has 0 heterocycles. The molecule has 0 amide bonds. The lowest BCUT2D eigenvalue weighted by Gasteiger charge is -2.16. The third-order valence-corrected chi connectivity index (χ3v) is 3.29. The predicted molar refractivity (Wildman–Crippen MR) is 94.4 cm³/mol. The first-order valence-electron chi connectivity index (χ1n) is 7.68. The molecule has 4 nitrogen and oxygen atoms in total.